The number of nitrogens with zero attached hydrogens (tertiary/aromatic N) is 1. The predicted molar refractivity (Wildman–Crippen MR) is 178 cm³/mol. The van der Waals surface area contributed by atoms with Crippen molar-refractivity contribution in [1.29, 1.82) is 0 Å². The molecule has 3 aromatic rings. The highest BCUT2D eigenvalue weighted by Crippen LogP contribution is 2.32. The number of amides is 2. The van der Waals surface area contributed by atoms with E-state index in [0.717, 1.165) is 34.1 Å². The van der Waals surface area contributed by atoms with Crippen LogP contribution in [0.3, 0.4) is 0 Å². The summed E-state index contributed by atoms with van der Waals surface area (Å²) in [6.45, 7) is 0.426. The second kappa shape index (κ2) is 17.0. The van der Waals surface area contributed by atoms with Gasteiger partial charge in [-0.15, -0.1) is 13.2 Å². The van der Waals surface area contributed by atoms with Crippen LogP contribution in [-0.4, -0.2) is 70.4 Å². The van der Waals surface area contributed by atoms with E-state index in [2.05, 4.69) is 20.1 Å². The molecule has 3 N–H and O–H groups in total. The summed E-state index contributed by atoms with van der Waals surface area (Å²) in [7, 11) is -8.61. The van der Waals surface area contributed by atoms with Crippen molar-refractivity contribution in [1.82, 2.24) is 19.7 Å². The van der Waals surface area contributed by atoms with Gasteiger partial charge in [-0.1, -0.05) is 61.5 Å². The number of nitrogens with one attached hydrogen (secondary N) is 3. The van der Waals surface area contributed by atoms with Crippen LogP contribution in [-0.2, 0) is 48.7 Å². The third kappa shape index (κ3) is 11.6. The van der Waals surface area contributed by atoms with Crippen LogP contribution < -0.4 is 20.1 Å². The minimum absolute atomic E-state index is 0.0335. The number of halogens is 5. The first kappa shape index (κ1) is 40.4. The van der Waals surface area contributed by atoms with E-state index in [1.165, 1.54) is 31.2 Å². The van der Waals surface area contributed by atoms with Crippen LogP contribution in [0.4, 0.5) is 26.7 Å². The number of carbonyl (C=O) groups excluding carboxylic acids is 2. The van der Waals surface area contributed by atoms with Gasteiger partial charge in [0, 0.05) is 37.7 Å². The van der Waals surface area contributed by atoms with Crippen LogP contribution in [0.25, 0.3) is 0 Å². The lowest BCUT2D eigenvalue weighted by Gasteiger charge is -2.37. The molecule has 2 amide bonds. The predicted octanol–water partition coefficient (Wildman–Crippen LogP) is 4.77. The summed E-state index contributed by atoms with van der Waals surface area (Å²) < 4.78 is 131. The maximum atomic E-state index is 14.0. The smallest absolute Gasteiger partial charge is 0.445 e. The zero-order valence-corrected chi connectivity index (χ0v) is 29.4. The summed E-state index contributed by atoms with van der Waals surface area (Å²) in [5.41, 5.74) is 0.915. The molecule has 1 fully saturated rings. The number of carbonyl (C=O) groups is 2. The Balaban J connectivity index is 1.44. The number of hydrogen-bond acceptors (Lipinski definition) is 8. The highest BCUT2D eigenvalue weighted by molar-refractivity contribution is 7.89. The van der Waals surface area contributed by atoms with Gasteiger partial charge in [-0.05, 0) is 48.2 Å². The number of benzene rings is 3. The first-order chi connectivity index (χ1) is 24.4. The molecule has 52 heavy (non-hydrogen) atoms. The number of hydrogen-bond donors (Lipinski definition) is 3. The lowest BCUT2D eigenvalue weighted by atomic mass is 9.99. The van der Waals surface area contributed by atoms with Gasteiger partial charge in [-0.2, -0.15) is 4.31 Å². The fraction of sp³-hybridized carbons (Fsp3) is 0.394. The molecule has 1 aliphatic heterocycles. The van der Waals surface area contributed by atoms with Gasteiger partial charge < -0.3 is 20.1 Å². The van der Waals surface area contributed by atoms with Gasteiger partial charge in [-0.25, -0.2) is 35.1 Å². The van der Waals surface area contributed by atoms with E-state index in [0.29, 0.717) is 5.56 Å². The van der Waals surface area contributed by atoms with E-state index in [-0.39, 0.29) is 44.6 Å². The normalized spacial score (nSPS) is 17.3. The number of piperidine rings is 1. The van der Waals surface area contributed by atoms with Gasteiger partial charge in [-0.3, -0.25) is 4.79 Å². The number of alkyl carbamates (subject to hydrolysis) is 1. The maximum Gasteiger partial charge on any atom is 0.573 e. The highest BCUT2D eigenvalue weighted by atomic mass is 32.2. The highest BCUT2D eigenvalue weighted by Gasteiger charge is 2.42. The molecule has 0 aliphatic carbocycles. The molecule has 2 atom stereocenters. The molecule has 284 valence electrons. The van der Waals surface area contributed by atoms with Crippen molar-refractivity contribution in [3.63, 3.8) is 0 Å². The van der Waals surface area contributed by atoms with Crippen molar-refractivity contribution >= 4 is 32.0 Å². The molecule has 0 aromatic heterocycles. The second-order valence-corrected chi connectivity index (χ2v) is 15.5. The third-order valence-electron chi connectivity index (χ3n) is 8.01. The van der Waals surface area contributed by atoms with Crippen LogP contribution in [0.5, 0.6) is 5.75 Å². The van der Waals surface area contributed by atoms with Crippen molar-refractivity contribution in [3.05, 3.63) is 95.6 Å². The average Bonchev–Trinajstić information content (AvgIpc) is 3.09. The minimum atomic E-state index is -5.02. The fourth-order valence-electron chi connectivity index (χ4n) is 5.28. The zero-order chi connectivity index (χ0) is 38.2. The third-order valence-corrected chi connectivity index (χ3v) is 11.4. The summed E-state index contributed by atoms with van der Waals surface area (Å²) >= 11 is 0. The molecule has 1 heterocycles. The largest absolute Gasteiger partial charge is 0.573 e. The topological polar surface area (TPSA) is 160 Å². The maximum absolute atomic E-state index is 14.0. The monoisotopic (exact) mass is 776 g/mol. The molecule has 0 bridgehead atoms. The molecular weight excluding hydrogens is 740 g/mol. The molecule has 1 aliphatic rings. The summed E-state index contributed by atoms with van der Waals surface area (Å²) in [4.78, 5) is 25.1. The Morgan fingerprint density at radius 2 is 1.52 bits per heavy atom. The van der Waals surface area contributed by atoms with E-state index in [9.17, 15) is 48.4 Å². The van der Waals surface area contributed by atoms with Gasteiger partial charge in [0.2, 0.25) is 26.0 Å². The Kier molecular flexibility index (Phi) is 13.2. The fourth-order valence-corrected chi connectivity index (χ4v) is 8.10. The minimum Gasteiger partial charge on any atom is -0.445 e. The first-order valence-electron chi connectivity index (χ1n) is 16.0. The first-order valence-corrected chi connectivity index (χ1v) is 19.0. The quantitative estimate of drug-likeness (QED) is 0.186. The Labute approximate surface area is 297 Å². The standard InChI is InChI=1S/C33H37F5N4O8S2/c1-2-32(34,35)25-10-8-23(9-11-25)21-40-30(43)29-20-26(41-51(45,46)19-17-39-31(44)49-22-24-6-4-3-5-7-24)16-18-42(29)52(47,48)28-14-12-27(13-15-28)50-33(36,37)38/h3-15,26,29,41H,2,16-22H2,1H3,(H,39,44)(H,40,43)/t26-,29-/m1/s1. The van der Waals surface area contributed by atoms with Gasteiger partial charge >= 0.3 is 12.5 Å². The van der Waals surface area contributed by atoms with Gasteiger partial charge in [0.25, 0.3) is 5.92 Å². The van der Waals surface area contributed by atoms with E-state index in [1.54, 1.807) is 30.3 Å². The molecule has 0 saturated carbocycles. The van der Waals surface area contributed by atoms with E-state index in [4.69, 9.17) is 4.74 Å². The van der Waals surface area contributed by atoms with Crippen molar-refractivity contribution in [2.24, 2.45) is 0 Å². The van der Waals surface area contributed by atoms with Crippen LogP contribution in [0.15, 0.2) is 83.8 Å². The van der Waals surface area contributed by atoms with Gasteiger partial charge in [0.05, 0.1) is 10.6 Å². The second-order valence-electron chi connectivity index (χ2n) is 11.8. The van der Waals surface area contributed by atoms with Crippen LogP contribution in [0, 0.1) is 0 Å². The Morgan fingerprint density at radius 3 is 2.13 bits per heavy atom. The lowest BCUT2D eigenvalue weighted by Crippen LogP contribution is -2.57. The summed E-state index contributed by atoms with van der Waals surface area (Å²) in [5.74, 6) is -5.13. The Bertz CT molecular complexity index is 1880. The molecular formula is C33H37F5N4O8S2. The zero-order valence-electron chi connectivity index (χ0n) is 27.7. The molecule has 0 spiro atoms. The Morgan fingerprint density at radius 1 is 0.865 bits per heavy atom. The molecule has 0 unspecified atom stereocenters. The summed E-state index contributed by atoms with van der Waals surface area (Å²) in [6, 6.07) is 14.9. The van der Waals surface area contributed by atoms with E-state index in [1.807, 2.05) is 0 Å². The molecule has 1 saturated heterocycles. The number of rotatable bonds is 15. The van der Waals surface area contributed by atoms with Crippen molar-refractivity contribution < 1.29 is 57.9 Å². The average molecular weight is 777 g/mol. The van der Waals surface area contributed by atoms with Crippen molar-refractivity contribution in [2.75, 3.05) is 18.8 Å². The van der Waals surface area contributed by atoms with Crippen molar-refractivity contribution in [3.8, 4) is 5.75 Å². The van der Waals surface area contributed by atoms with Crippen molar-refractivity contribution in [2.45, 2.75) is 68.6 Å². The number of ether oxygens (including phenoxy) is 2. The van der Waals surface area contributed by atoms with Crippen LogP contribution in [0.2, 0.25) is 0 Å². The number of alkyl halides is 5. The lowest BCUT2D eigenvalue weighted by molar-refractivity contribution is -0.274. The van der Waals surface area contributed by atoms with Gasteiger partial charge in [0.15, 0.2) is 0 Å². The van der Waals surface area contributed by atoms with Crippen LogP contribution >= 0.6 is 0 Å². The number of sulfonamides is 2. The van der Waals surface area contributed by atoms with E-state index < -0.39 is 79.2 Å². The molecule has 0 radical (unpaired) electrons. The molecule has 12 nitrogen and oxygen atoms in total. The Hall–Kier alpha value is -4.33. The molecule has 3 aromatic carbocycles. The SMILES string of the molecule is CCC(F)(F)c1ccc(CNC(=O)[C@H]2C[C@H](NS(=O)(=O)CCNC(=O)OCc3ccccc3)CCN2S(=O)(=O)c2ccc(OC(F)(F)F)cc2)cc1. The summed E-state index contributed by atoms with van der Waals surface area (Å²) in [6.07, 6.45) is -6.71. The molecule has 19 heteroatoms. The van der Waals surface area contributed by atoms with Crippen LogP contribution in [0.1, 0.15) is 42.9 Å². The van der Waals surface area contributed by atoms with Gasteiger partial charge in [0.1, 0.15) is 18.4 Å². The molecule has 4 rings (SSSR count). The van der Waals surface area contributed by atoms with E-state index >= 15 is 0 Å². The summed E-state index contributed by atoms with van der Waals surface area (Å²) in [5, 5.41) is 4.90.